The summed E-state index contributed by atoms with van der Waals surface area (Å²) < 4.78 is 5.13. The molecule has 3 heterocycles. The van der Waals surface area contributed by atoms with Crippen molar-refractivity contribution in [2.24, 2.45) is 4.99 Å². The molecule has 0 spiro atoms. The number of H-pyrrole nitrogens is 1. The summed E-state index contributed by atoms with van der Waals surface area (Å²) in [7, 11) is 1.31. The number of para-hydroxylation sites is 1. The van der Waals surface area contributed by atoms with E-state index in [1.807, 2.05) is 24.3 Å². The number of nitrogens with one attached hydrogen (secondary N) is 2. The molecule has 8 heteroatoms. The molecule has 0 saturated heterocycles. The van der Waals surface area contributed by atoms with E-state index in [2.05, 4.69) is 10.3 Å². The molecule has 2 aromatic carbocycles. The molecule has 2 aliphatic rings. The van der Waals surface area contributed by atoms with Gasteiger partial charge in [0, 0.05) is 35.1 Å². The summed E-state index contributed by atoms with van der Waals surface area (Å²) in [5.74, 6) is -0.544. The number of nitro groups is 1. The van der Waals surface area contributed by atoms with E-state index in [9.17, 15) is 14.9 Å². The Balaban J connectivity index is 1.82. The number of aliphatic imine (C=N–C) groups is 1. The lowest BCUT2D eigenvalue weighted by atomic mass is 9.84. The first-order chi connectivity index (χ1) is 13.6. The van der Waals surface area contributed by atoms with Crippen molar-refractivity contribution in [3.8, 4) is 0 Å². The molecule has 0 radical (unpaired) electrons. The van der Waals surface area contributed by atoms with Gasteiger partial charge >= 0.3 is 5.97 Å². The highest BCUT2D eigenvalue weighted by molar-refractivity contribution is 6.24. The Morgan fingerprint density at radius 1 is 1.29 bits per heavy atom. The minimum Gasteiger partial charge on any atom is -0.467 e. The number of rotatable bonds is 2. The Labute approximate surface area is 159 Å². The first-order valence-electron chi connectivity index (χ1n) is 8.87. The van der Waals surface area contributed by atoms with Crippen molar-refractivity contribution >= 4 is 34.0 Å². The van der Waals surface area contributed by atoms with E-state index < -0.39 is 16.4 Å². The lowest BCUT2D eigenvalue weighted by molar-refractivity contribution is -0.384. The van der Waals surface area contributed by atoms with Gasteiger partial charge in [0.05, 0.1) is 23.4 Å². The average molecular weight is 376 g/mol. The number of esters is 1. The van der Waals surface area contributed by atoms with Crippen LogP contribution in [0.4, 0.5) is 11.4 Å². The molecule has 0 saturated carbocycles. The van der Waals surface area contributed by atoms with Crippen molar-refractivity contribution in [2.45, 2.75) is 12.0 Å². The van der Waals surface area contributed by atoms with Crippen LogP contribution in [0.5, 0.6) is 0 Å². The molecule has 2 N–H and O–H groups in total. The van der Waals surface area contributed by atoms with Crippen LogP contribution in [0.15, 0.2) is 47.5 Å². The van der Waals surface area contributed by atoms with Crippen molar-refractivity contribution < 1.29 is 14.5 Å². The second-order valence-electron chi connectivity index (χ2n) is 6.86. The Morgan fingerprint density at radius 2 is 2.11 bits per heavy atom. The quantitative estimate of drug-likeness (QED) is 0.406. The number of carbonyl (C=O) groups excluding carboxylic acids is 1. The minimum atomic E-state index is -1.39. The number of benzene rings is 2. The van der Waals surface area contributed by atoms with Gasteiger partial charge in [0.2, 0.25) is 0 Å². The minimum absolute atomic E-state index is 0.0959. The Bertz CT molecular complexity index is 1200. The lowest BCUT2D eigenvalue weighted by Gasteiger charge is -2.28. The number of fused-ring (bicyclic) bond motifs is 7. The molecular weight excluding hydrogens is 360 g/mol. The summed E-state index contributed by atoms with van der Waals surface area (Å²) in [6.45, 7) is 0.491. The highest BCUT2D eigenvalue weighted by atomic mass is 16.6. The standard InChI is InChI=1S/C20H16N4O4/c1-28-19(25)20-14-10-11(24(26)27)6-7-16(14)23-18(20)17-13(8-9-21-20)12-4-2-3-5-15(12)22-17/h2-7,10,21-22H,8-9H2,1H3. The molecule has 28 heavy (non-hydrogen) atoms. The molecule has 2 aliphatic heterocycles. The van der Waals surface area contributed by atoms with Crippen LogP contribution in [0.25, 0.3) is 10.9 Å². The maximum absolute atomic E-state index is 13.0. The Kier molecular flexibility index (Phi) is 3.41. The molecule has 0 amide bonds. The first kappa shape index (κ1) is 16.6. The fourth-order valence-electron chi connectivity index (χ4n) is 4.26. The maximum Gasteiger partial charge on any atom is 0.337 e. The molecule has 1 aromatic heterocycles. The molecule has 1 unspecified atom stereocenters. The Morgan fingerprint density at radius 3 is 2.89 bits per heavy atom. The molecule has 0 fully saturated rings. The van der Waals surface area contributed by atoms with Gasteiger partial charge in [-0.1, -0.05) is 18.2 Å². The zero-order valence-electron chi connectivity index (χ0n) is 15.0. The second kappa shape index (κ2) is 5.74. The van der Waals surface area contributed by atoms with Crippen LogP contribution in [0.3, 0.4) is 0 Å². The maximum atomic E-state index is 13.0. The molecule has 8 nitrogen and oxygen atoms in total. The fraction of sp³-hybridized carbons (Fsp3) is 0.200. The van der Waals surface area contributed by atoms with Gasteiger partial charge in [-0.15, -0.1) is 0 Å². The first-order valence-corrected chi connectivity index (χ1v) is 8.87. The second-order valence-corrected chi connectivity index (χ2v) is 6.86. The van der Waals surface area contributed by atoms with E-state index in [4.69, 9.17) is 9.73 Å². The third-order valence-corrected chi connectivity index (χ3v) is 5.49. The predicted octanol–water partition coefficient (Wildman–Crippen LogP) is 2.72. The van der Waals surface area contributed by atoms with Crippen molar-refractivity contribution in [1.29, 1.82) is 0 Å². The monoisotopic (exact) mass is 376 g/mol. The zero-order chi connectivity index (χ0) is 19.5. The molecule has 140 valence electrons. The Hall–Kier alpha value is -3.52. The molecule has 0 aliphatic carbocycles. The van der Waals surface area contributed by atoms with Crippen molar-refractivity contribution in [2.75, 3.05) is 13.7 Å². The van der Waals surface area contributed by atoms with Crippen molar-refractivity contribution in [3.05, 3.63) is 69.4 Å². The molecule has 0 bridgehead atoms. The van der Waals surface area contributed by atoms with E-state index in [1.165, 1.54) is 19.2 Å². The van der Waals surface area contributed by atoms with Crippen LogP contribution < -0.4 is 5.32 Å². The molecule has 1 atom stereocenters. The van der Waals surface area contributed by atoms with Gasteiger partial charge in [-0.3, -0.25) is 15.4 Å². The van der Waals surface area contributed by atoms with Crippen molar-refractivity contribution in [1.82, 2.24) is 10.3 Å². The normalized spacial score (nSPS) is 20.0. The third-order valence-electron chi connectivity index (χ3n) is 5.49. The summed E-state index contributed by atoms with van der Waals surface area (Å²) in [4.78, 5) is 32.0. The summed E-state index contributed by atoms with van der Waals surface area (Å²) >= 11 is 0. The third kappa shape index (κ3) is 2.03. The van der Waals surface area contributed by atoms with Gasteiger partial charge < -0.3 is 9.72 Å². The van der Waals surface area contributed by atoms with Crippen LogP contribution in [-0.2, 0) is 21.5 Å². The predicted molar refractivity (Wildman–Crippen MR) is 103 cm³/mol. The molecular formula is C20H16N4O4. The van der Waals surface area contributed by atoms with E-state index in [0.29, 0.717) is 29.9 Å². The number of hydrogen-bond acceptors (Lipinski definition) is 6. The van der Waals surface area contributed by atoms with Crippen LogP contribution in [0, 0.1) is 10.1 Å². The van der Waals surface area contributed by atoms with E-state index in [-0.39, 0.29) is 5.69 Å². The summed E-state index contributed by atoms with van der Waals surface area (Å²) in [5.41, 5.74) is 2.74. The van der Waals surface area contributed by atoms with Gasteiger partial charge in [-0.25, -0.2) is 9.79 Å². The van der Waals surface area contributed by atoms with Gasteiger partial charge in [0.15, 0.2) is 5.54 Å². The number of methoxy groups -OCH3 is 1. The number of non-ortho nitro benzene ring substituents is 1. The molecule has 5 rings (SSSR count). The number of aromatic nitrogens is 1. The number of nitro benzene ring substituents is 1. The van der Waals surface area contributed by atoms with Crippen LogP contribution >= 0.6 is 0 Å². The number of hydrogen-bond donors (Lipinski definition) is 2. The summed E-state index contributed by atoms with van der Waals surface area (Å²) in [5, 5.41) is 15.7. The highest BCUT2D eigenvalue weighted by Crippen LogP contribution is 2.45. The highest BCUT2D eigenvalue weighted by Gasteiger charge is 2.54. The summed E-state index contributed by atoms with van der Waals surface area (Å²) in [6.07, 6.45) is 0.682. The SMILES string of the molecule is COC(=O)C12NCCc3c([nH]c4ccccc34)C1=Nc1ccc([N+](=O)[O-])cc12. The molecule has 3 aromatic rings. The van der Waals surface area contributed by atoms with E-state index in [0.717, 1.165) is 22.2 Å². The number of aromatic amines is 1. The van der Waals surface area contributed by atoms with Gasteiger partial charge in [-0.05, 0) is 24.1 Å². The average Bonchev–Trinajstić information content (AvgIpc) is 3.18. The lowest BCUT2D eigenvalue weighted by Crippen LogP contribution is -2.54. The topological polar surface area (TPSA) is 110 Å². The van der Waals surface area contributed by atoms with Crippen LogP contribution in [-0.4, -0.2) is 35.2 Å². The largest absolute Gasteiger partial charge is 0.467 e. The van der Waals surface area contributed by atoms with Gasteiger partial charge in [-0.2, -0.15) is 0 Å². The van der Waals surface area contributed by atoms with Crippen LogP contribution in [0.1, 0.15) is 16.8 Å². The van der Waals surface area contributed by atoms with Gasteiger partial charge in [0.25, 0.3) is 5.69 Å². The summed E-state index contributed by atoms with van der Waals surface area (Å²) in [6, 6.07) is 12.3. The fourth-order valence-corrected chi connectivity index (χ4v) is 4.26. The van der Waals surface area contributed by atoms with E-state index in [1.54, 1.807) is 6.07 Å². The zero-order valence-corrected chi connectivity index (χ0v) is 15.0. The smallest absolute Gasteiger partial charge is 0.337 e. The van der Waals surface area contributed by atoms with Crippen molar-refractivity contribution in [3.63, 3.8) is 0 Å². The number of carbonyl (C=O) groups is 1. The van der Waals surface area contributed by atoms with Gasteiger partial charge in [0.1, 0.15) is 5.71 Å². The van der Waals surface area contributed by atoms with E-state index >= 15 is 0 Å². The van der Waals surface area contributed by atoms with Crippen LogP contribution in [0.2, 0.25) is 0 Å². The number of nitrogens with zero attached hydrogens (tertiary/aromatic N) is 2. The number of ether oxygens (including phenoxy) is 1.